The van der Waals surface area contributed by atoms with Crippen LogP contribution in [0.3, 0.4) is 0 Å². The lowest BCUT2D eigenvalue weighted by molar-refractivity contribution is -0.141. The number of halogens is 4. The molecule has 0 spiro atoms. The summed E-state index contributed by atoms with van der Waals surface area (Å²) in [5.74, 6) is 0. The van der Waals surface area contributed by atoms with Crippen LogP contribution in [0.1, 0.15) is 5.69 Å². The standard InChI is InChI=1S/C7H2ClF3N2O/c8-6-13-3-2-12-5(7(9,10)11)1-4(3)14-6/h1-2H. The predicted molar refractivity (Wildman–Crippen MR) is 41.8 cm³/mol. The molecule has 0 aliphatic heterocycles. The van der Waals surface area contributed by atoms with Gasteiger partial charge in [-0.1, -0.05) is 0 Å². The largest absolute Gasteiger partial charge is 0.433 e. The van der Waals surface area contributed by atoms with Gasteiger partial charge in [-0.25, -0.2) is 4.98 Å². The van der Waals surface area contributed by atoms with Crippen molar-refractivity contribution in [2.24, 2.45) is 0 Å². The van der Waals surface area contributed by atoms with Gasteiger partial charge in [-0.3, -0.25) is 0 Å². The summed E-state index contributed by atoms with van der Waals surface area (Å²) in [4.78, 5) is 6.79. The first kappa shape index (κ1) is 9.26. The molecule has 3 nitrogen and oxygen atoms in total. The van der Waals surface area contributed by atoms with Crippen molar-refractivity contribution in [3.63, 3.8) is 0 Å². The van der Waals surface area contributed by atoms with Gasteiger partial charge in [0.2, 0.25) is 0 Å². The van der Waals surface area contributed by atoms with Gasteiger partial charge in [-0.2, -0.15) is 18.2 Å². The second kappa shape index (κ2) is 2.84. The van der Waals surface area contributed by atoms with E-state index < -0.39 is 11.9 Å². The highest BCUT2D eigenvalue weighted by atomic mass is 35.5. The quantitative estimate of drug-likeness (QED) is 0.688. The van der Waals surface area contributed by atoms with Crippen molar-refractivity contribution in [3.05, 3.63) is 23.3 Å². The molecule has 0 N–H and O–H groups in total. The summed E-state index contributed by atoms with van der Waals surface area (Å²) >= 11 is 5.36. The van der Waals surface area contributed by atoms with Crippen molar-refractivity contribution in [1.82, 2.24) is 9.97 Å². The van der Waals surface area contributed by atoms with Crippen LogP contribution in [0.5, 0.6) is 0 Å². The minimum absolute atomic E-state index is 0.0303. The van der Waals surface area contributed by atoms with Crippen molar-refractivity contribution < 1.29 is 17.6 Å². The zero-order valence-corrected chi connectivity index (χ0v) is 7.23. The van der Waals surface area contributed by atoms with Gasteiger partial charge in [0.15, 0.2) is 5.58 Å². The van der Waals surface area contributed by atoms with Crippen LogP contribution in [0.4, 0.5) is 13.2 Å². The van der Waals surface area contributed by atoms with Crippen molar-refractivity contribution in [2.75, 3.05) is 0 Å². The Balaban J connectivity index is 2.62. The summed E-state index contributed by atoms with van der Waals surface area (Å²) in [5, 5.41) is -0.207. The normalized spacial score (nSPS) is 12.3. The summed E-state index contributed by atoms with van der Waals surface area (Å²) < 4.78 is 41.2. The third-order valence-corrected chi connectivity index (χ3v) is 1.70. The van der Waals surface area contributed by atoms with E-state index in [0.29, 0.717) is 0 Å². The number of hydrogen-bond acceptors (Lipinski definition) is 3. The molecule has 0 unspecified atom stereocenters. The van der Waals surface area contributed by atoms with Gasteiger partial charge in [0.1, 0.15) is 11.2 Å². The zero-order chi connectivity index (χ0) is 10.3. The lowest BCUT2D eigenvalue weighted by Crippen LogP contribution is -2.06. The van der Waals surface area contributed by atoms with Gasteiger partial charge in [0.05, 0.1) is 6.20 Å². The van der Waals surface area contributed by atoms with E-state index in [0.717, 1.165) is 12.3 Å². The van der Waals surface area contributed by atoms with Gasteiger partial charge < -0.3 is 4.42 Å². The van der Waals surface area contributed by atoms with Gasteiger partial charge in [0, 0.05) is 6.07 Å². The molecule has 2 aromatic heterocycles. The summed E-state index contributed by atoms with van der Waals surface area (Å²) in [6, 6.07) is 0.758. The third kappa shape index (κ3) is 1.52. The van der Waals surface area contributed by atoms with Gasteiger partial charge in [-0.05, 0) is 11.6 Å². The first-order valence-electron chi connectivity index (χ1n) is 3.46. The minimum atomic E-state index is -4.49. The predicted octanol–water partition coefficient (Wildman–Crippen LogP) is 2.89. The maximum absolute atomic E-state index is 12.2. The highest BCUT2D eigenvalue weighted by Gasteiger charge is 2.33. The van der Waals surface area contributed by atoms with E-state index in [1.165, 1.54) is 0 Å². The molecular weight excluding hydrogens is 221 g/mol. The van der Waals surface area contributed by atoms with E-state index in [2.05, 4.69) is 9.97 Å². The van der Waals surface area contributed by atoms with E-state index in [1.807, 2.05) is 0 Å². The minimum Gasteiger partial charge on any atom is -0.427 e. The Labute approximate surface area is 80.5 Å². The molecule has 74 valence electrons. The molecule has 2 aromatic rings. The maximum atomic E-state index is 12.2. The number of nitrogens with zero attached hydrogens (tertiary/aromatic N) is 2. The van der Waals surface area contributed by atoms with E-state index in [9.17, 15) is 13.2 Å². The van der Waals surface area contributed by atoms with Crippen LogP contribution in [0.15, 0.2) is 16.7 Å². The summed E-state index contributed by atoms with van der Waals surface area (Å²) in [5.41, 5.74) is -0.863. The number of rotatable bonds is 0. The number of oxazole rings is 1. The Kier molecular flexibility index (Phi) is 1.88. The molecule has 0 aliphatic carbocycles. The Bertz CT molecular complexity index is 479. The van der Waals surface area contributed by atoms with Crippen LogP contribution in [-0.2, 0) is 6.18 Å². The number of aromatic nitrogens is 2. The molecule has 0 amide bonds. The monoisotopic (exact) mass is 222 g/mol. The van der Waals surface area contributed by atoms with Gasteiger partial charge in [-0.15, -0.1) is 0 Å². The fourth-order valence-corrected chi connectivity index (χ4v) is 1.13. The Morgan fingerprint density at radius 2 is 2.07 bits per heavy atom. The molecule has 0 saturated heterocycles. The summed E-state index contributed by atoms with van der Waals surface area (Å²) in [7, 11) is 0. The Morgan fingerprint density at radius 1 is 1.36 bits per heavy atom. The van der Waals surface area contributed by atoms with Crippen LogP contribution in [0, 0.1) is 0 Å². The van der Waals surface area contributed by atoms with Crippen LogP contribution in [0.25, 0.3) is 11.1 Å². The SMILES string of the molecule is FC(F)(F)c1cc2oc(Cl)nc2cn1. The molecule has 0 saturated carbocycles. The first-order chi connectivity index (χ1) is 6.47. The van der Waals surface area contributed by atoms with E-state index in [-0.39, 0.29) is 16.4 Å². The number of hydrogen-bond donors (Lipinski definition) is 0. The number of fused-ring (bicyclic) bond motifs is 1. The molecule has 14 heavy (non-hydrogen) atoms. The van der Waals surface area contributed by atoms with Crippen LogP contribution < -0.4 is 0 Å². The second-order valence-electron chi connectivity index (χ2n) is 2.50. The Hall–Kier alpha value is -1.30. The first-order valence-corrected chi connectivity index (χ1v) is 3.84. The van der Waals surface area contributed by atoms with Crippen LogP contribution in [-0.4, -0.2) is 9.97 Å². The maximum Gasteiger partial charge on any atom is 0.433 e. The highest BCUT2D eigenvalue weighted by molar-refractivity contribution is 6.28. The zero-order valence-electron chi connectivity index (χ0n) is 6.47. The lowest BCUT2D eigenvalue weighted by Gasteiger charge is -2.03. The Morgan fingerprint density at radius 3 is 2.71 bits per heavy atom. The molecule has 0 atom stereocenters. The van der Waals surface area contributed by atoms with E-state index in [1.54, 1.807) is 0 Å². The highest BCUT2D eigenvalue weighted by Crippen LogP contribution is 2.29. The topological polar surface area (TPSA) is 38.9 Å². The smallest absolute Gasteiger partial charge is 0.427 e. The number of alkyl halides is 3. The van der Waals surface area contributed by atoms with Gasteiger partial charge >= 0.3 is 6.18 Å². The average Bonchev–Trinajstić information content (AvgIpc) is 2.41. The molecule has 0 radical (unpaired) electrons. The van der Waals surface area contributed by atoms with Crippen molar-refractivity contribution in [1.29, 1.82) is 0 Å². The van der Waals surface area contributed by atoms with Crippen molar-refractivity contribution in [3.8, 4) is 0 Å². The molecule has 2 rings (SSSR count). The van der Waals surface area contributed by atoms with Crippen molar-refractivity contribution in [2.45, 2.75) is 6.18 Å². The second-order valence-corrected chi connectivity index (χ2v) is 2.83. The molecule has 0 fully saturated rings. The molecule has 2 heterocycles. The fourth-order valence-electron chi connectivity index (χ4n) is 0.959. The summed E-state index contributed by atoms with van der Waals surface area (Å²) in [6.07, 6.45) is -3.53. The third-order valence-electron chi connectivity index (χ3n) is 1.54. The fraction of sp³-hybridized carbons (Fsp3) is 0.143. The van der Waals surface area contributed by atoms with Gasteiger partial charge in [0.25, 0.3) is 5.35 Å². The lowest BCUT2D eigenvalue weighted by atomic mass is 10.3. The average molecular weight is 223 g/mol. The molecular formula is C7H2ClF3N2O. The number of pyridine rings is 1. The van der Waals surface area contributed by atoms with Crippen LogP contribution >= 0.6 is 11.6 Å². The van der Waals surface area contributed by atoms with Crippen LogP contribution in [0.2, 0.25) is 5.35 Å². The van der Waals surface area contributed by atoms with E-state index in [4.69, 9.17) is 16.0 Å². The van der Waals surface area contributed by atoms with Crippen molar-refractivity contribution >= 4 is 22.7 Å². The molecule has 7 heteroatoms. The molecule has 0 bridgehead atoms. The van der Waals surface area contributed by atoms with E-state index >= 15 is 0 Å². The molecule has 0 aromatic carbocycles. The molecule has 0 aliphatic rings. The summed E-state index contributed by atoms with van der Waals surface area (Å²) in [6.45, 7) is 0.